The minimum absolute atomic E-state index is 0.214. The van der Waals surface area contributed by atoms with Crippen LogP contribution in [0.4, 0.5) is 35.1 Å². The van der Waals surface area contributed by atoms with Crippen LogP contribution in [0.3, 0.4) is 0 Å². The van der Waals surface area contributed by atoms with Gasteiger partial charge in [0.15, 0.2) is 0 Å². The van der Waals surface area contributed by atoms with E-state index in [2.05, 4.69) is 53.6 Å². The van der Waals surface area contributed by atoms with Crippen molar-refractivity contribution in [3.8, 4) is 68.2 Å². The number of allylic oxidation sites excluding steroid dienone is 2. The van der Waals surface area contributed by atoms with Crippen molar-refractivity contribution in [2.24, 2.45) is 0 Å². The summed E-state index contributed by atoms with van der Waals surface area (Å²) in [4.78, 5) is 32.3. The largest absolute Gasteiger partial charge is 0.388 e. The average molecular weight is 1240 g/mol. The van der Waals surface area contributed by atoms with E-state index in [1.807, 2.05) is 36.4 Å². The van der Waals surface area contributed by atoms with E-state index < -0.39 is 45.1 Å². The van der Waals surface area contributed by atoms with Crippen LogP contribution < -0.4 is 0 Å². The van der Waals surface area contributed by atoms with E-state index >= 15 is 35.1 Å². The summed E-state index contributed by atoms with van der Waals surface area (Å²) < 4.78 is 126. The molecule has 14 rings (SSSR count). The van der Waals surface area contributed by atoms with E-state index in [0.717, 1.165) is 0 Å². The van der Waals surface area contributed by atoms with Gasteiger partial charge >= 0.3 is 22.6 Å². The standard InChI is InChI=1S/C72H40Cl2F8N8/c73-71(79,80)69(75,76)67-55-33-29-51(85-55)63(41-15-5-1-6-16-41)49-27-25-47(83-49)39-59-45(37-61(89-59)65(43-19-9-3-10-20-43)53-31-35-57(67)87-53)23-13-14-24-46-38-62-66(44-21-11-4-12-22-44)54-32-36-58(88-54)68(70(77,78)72(74,81)82)56-34-30-52(86-56)64(42-17-7-2-8-18-42)50-28-26-48(84-50)40-60(46)90-62/h1-12,15-22,25-40,83-84,87-88H. The number of H-pyrrole nitrogens is 4. The van der Waals surface area contributed by atoms with Gasteiger partial charge in [-0.3, -0.25) is 0 Å². The van der Waals surface area contributed by atoms with Gasteiger partial charge < -0.3 is 19.9 Å². The predicted molar refractivity (Wildman–Crippen MR) is 342 cm³/mol. The third kappa shape index (κ3) is 10.3. The van der Waals surface area contributed by atoms with Crippen molar-refractivity contribution >= 4 is 115 Å². The van der Waals surface area contributed by atoms with Gasteiger partial charge in [0.25, 0.3) is 0 Å². The zero-order chi connectivity index (χ0) is 62.1. The highest BCUT2D eigenvalue weighted by atomic mass is 35.5. The number of rotatable bonds is 8. The molecule has 0 saturated carbocycles. The molecule has 0 radical (unpaired) electrons. The first-order valence-electron chi connectivity index (χ1n) is 27.8. The van der Waals surface area contributed by atoms with Crippen LogP contribution in [0.2, 0.25) is 0 Å². The van der Waals surface area contributed by atoms with E-state index in [-0.39, 0.29) is 33.5 Å². The highest BCUT2D eigenvalue weighted by Gasteiger charge is 2.59. The van der Waals surface area contributed by atoms with Gasteiger partial charge in [0.05, 0.1) is 78.9 Å². The summed E-state index contributed by atoms with van der Waals surface area (Å²) in [6.07, 6.45) is 8.95. The molecule has 0 saturated heterocycles. The van der Waals surface area contributed by atoms with Crippen LogP contribution >= 0.6 is 23.2 Å². The summed E-state index contributed by atoms with van der Waals surface area (Å²) in [5.41, 5.74) is 5.75. The lowest BCUT2D eigenvalue weighted by Crippen LogP contribution is -2.33. The molecule has 16 bridgehead atoms. The van der Waals surface area contributed by atoms with Gasteiger partial charge in [-0.15, -0.1) is 0 Å². The summed E-state index contributed by atoms with van der Waals surface area (Å²) in [6.45, 7) is 0. The molecule has 4 aromatic carbocycles. The molecule has 4 aliphatic heterocycles. The number of alkyl halides is 10. The summed E-state index contributed by atoms with van der Waals surface area (Å²) in [5.74, 6) is 2.54. The Morgan fingerprint density at radius 3 is 0.967 bits per heavy atom. The molecule has 4 N–H and O–H groups in total. The van der Waals surface area contributed by atoms with Crippen molar-refractivity contribution < 1.29 is 35.1 Å². The fourth-order valence-electron chi connectivity index (χ4n) is 11.4. The van der Waals surface area contributed by atoms with Crippen LogP contribution in [0.25, 0.3) is 136 Å². The molecule has 0 spiro atoms. The number of aromatic nitrogens is 8. The Labute approximate surface area is 516 Å². The monoisotopic (exact) mass is 1240 g/mol. The van der Waals surface area contributed by atoms with Gasteiger partial charge in [0, 0.05) is 55.4 Å². The predicted octanol–water partition coefficient (Wildman–Crippen LogP) is 19.6. The van der Waals surface area contributed by atoms with Crippen LogP contribution in [-0.4, -0.2) is 50.6 Å². The van der Waals surface area contributed by atoms with Gasteiger partial charge in [-0.2, -0.15) is 35.1 Å². The second-order valence-electron chi connectivity index (χ2n) is 21.2. The Morgan fingerprint density at radius 1 is 0.322 bits per heavy atom. The molecule has 6 aromatic heterocycles. The van der Waals surface area contributed by atoms with Crippen molar-refractivity contribution in [2.75, 3.05) is 0 Å². The van der Waals surface area contributed by atoms with Gasteiger partial charge in [-0.05, 0) is 154 Å². The van der Waals surface area contributed by atoms with Crippen LogP contribution in [0.15, 0.2) is 182 Å². The van der Waals surface area contributed by atoms with Crippen molar-refractivity contribution in [1.29, 1.82) is 0 Å². The third-order valence-electron chi connectivity index (χ3n) is 15.4. The molecular weight excluding hydrogens is 1200 g/mol. The zero-order valence-corrected chi connectivity index (χ0v) is 47.9. The van der Waals surface area contributed by atoms with E-state index in [9.17, 15) is 0 Å². The molecular formula is C72H40Cl2F8N8. The molecule has 0 fully saturated rings. The third-order valence-corrected chi connectivity index (χ3v) is 15.9. The van der Waals surface area contributed by atoms with Crippen LogP contribution in [0.5, 0.6) is 0 Å². The molecule has 0 atom stereocenters. The smallest absolute Gasteiger partial charge is 0.355 e. The highest BCUT2D eigenvalue weighted by molar-refractivity contribution is 6.23. The van der Waals surface area contributed by atoms with Crippen molar-refractivity contribution in [2.45, 2.75) is 22.6 Å². The maximum absolute atomic E-state index is 16.4. The van der Waals surface area contributed by atoms with Crippen LogP contribution in [0, 0.1) is 23.7 Å². The van der Waals surface area contributed by atoms with Gasteiger partial charge in [0.2, 0.25) is 0 Å². The molecule has 0 amide bonds. The Morgan fingerprint density at radius 2 is 0.622 bits per heavy atom. The maximum atomic E-state index is 16.4. The first-order chi connectivity index (χ1) is 43.4. The summed E-state index contributed by atoms with van der Waals surface area (Å²) >= 11 is 10.5. The summed E-state index contributed by atoms with van der Waals surface area (Å²) in [5, 5.41) is -10.1. The molecule has 8 nitrogen and oxygen atoms in total. The first-order valence-corrected chi connectivity index (χ1v) is 28.6. The topological polar surface area (TPSA) is 115 Å². The molecule has 18 heteroatoms. The zero-order valence-electron chi connectivity index (χ0n) is 46.4. The molecule has 0 unspecified atom stereocenters. The van der Waals surface area contributed by atoms with E-state index in [1.54, 1.807) is 133 Å². The van der Waals surface area contributed by atoms with Crippen molar-refractivity contribution in [3.63, 3.8) is 0 Å². The fourth-order valence-corrected chi connectivity index (χ4v) is 11.6. The fraction of sp³-hybridized carbons (Fsp3) is 0.0556. The minimum Gasteiger partial charge on any atom is -0.355 e. The lowest BCUT2D eigenvalue weighted by molar-refractivity contribution is -0.163. The van der Waals surface area contributed by atoms with Gasteiger partial charge in [-0.25, -0.2) is 19.9 Å². The second-order valence-corrected chi connectivity index (χ2v) is 22.1. The number of nitrogens with one attached hydrogen (secondary N) is 4. The van der Waals surface area contributed by atoms with E-state index in [0.29, 0.717) is 100 Å². The summed E-state index contributed by atoms with van der Waals surface area (Å²) in [7, 11) is 0. The molecule has 10 aromatic rings. The van der Waals surface area contributed by atoms with Crippen molar-refractivity contribution in [1.82, 2.24) is 39.9 Å². The van der Waals surface area contributed by atoms with Crippen LogP contribution in [0.1, 0.15) is 56.7 Å². The number of benzene rings is 4. The molecule has 438 valence electrons. The minimum atomic E-state index is -5.03. The summed E-state index contributed by atoms with van der Waals surface area (Å²) in [6, 6.07) is 52.3. The Kier molecular flexibility index (Phi) is 14.0. The molecule has 0 aliphatic carbocycles. The average Bonchev–Trinajstić information content (AvgIpc) is 1.56. The normalized spacial score (nSPS) is 13.1. The number of hydrogen-bond donors (Lipinski definition) is 4. The second kappa shape index (κ2) is 22.1. The first kappa shape index (κ1) is 57.0. The number of halogens is 10. The lowest BCUT2D eigenvalue weighted by Gasteiger charge is -2.22. The van der Waals surface area contributed by atoms with Gasteiger partial charge in [0.1, 0.15) is 0 Å². The molecule has 90 heavy (non-hydrogen) atoms. The Bertz CT molecular complexity index is 4900. The highest BCUT2D eigenvalue weighted by Crippen LogP contribution is 2.51. The van der Waals surface area contributed by atoms with Crippen LogP contribution in [-0.2, 0) is 11.8 Å². The van der Waals surface area contributed by atoms with Gasteiger partial charge in [-0.1, -0.05) is 133 Å². The lowest BCUT2D eigenvalue weighted by atomic mass is 10.0. The number of aromatic amines is 4. The maximum Gasteiger partial charge on any atom is 0.388 e. The number of hydrogen-bond acceptors (Lipinski definition) is 4. The Hall–Kier alpha value is -10.8. The molecule has 4 aliphatic rings. The van der Waals surface area contributed by atoms with Crippen molar-refractivity contribution in [3.05, 3.63) is 239 Å². The SMILES string of the molecule is FC(F)(Cl)C(F)(F)c1c2nc(c(-c3ccccc3)c3ccc(cc4nc(c(-c5ccccc5)c5ccc1[nH]5)C=C4C#CC#CC1=Cc4nc1cc1ccc([nH]1)c(-c1ccccc1)c1nc(c(C(F)(F)C(F)(F)Cl)c5ccc([nH]5)c4-c4ccccc4)C=C1)[nH]3)C=C2. The van der Waals surface area contributed by atoms with E-state index in [4.69, 9.17) is 33.2 Å². The molecule has 10 heterocycles. The Balaban J connectivity index is 0.986. The number of fused-ring (bicyclic) bond motifs is 16. The number of nitrogens with zero attached hydrogens (tertiary/aromatic N) is 4. The van der Waals surface area contributed by atoms with E-state index in [1.165, 1.54) is 48.6 Å². The quantitative estimate of drug-likeness (QED) is 0.0689.